The summed E-state index contributed by atoms with van der Waals surface area (Å²) in [5.74, 6) is 0.640. The van der Waals surface area contributed by atoms with E-state index in [0.29, 0.717) is 18.0 Å². The fourth-order valence-electron chi connectivity index (χ4n) is 4.73. The third-order valence-corrected chi connectivity index (χ3v) is 6.53. The Labute approximate surface area is 200 Å². The van der Waals surface area contributed by atoms with E-state index in [1.54, 1.807) is 7.11 Å². The second-order valence-corrected chi connectivity index (χ2v) is 8.69. The first-order valence-electron chi connectivity index (χ1n) is 11.7. The smallest absolute Gasteiger partial charge is 0.323 e. The Bertz CT molecular complexity index is 1320. The van der Waals surface area contributed by atoms with Crippen LogP contribution in [-0.4, -0.2) is 22.6 Å². The molecule has 0 spiro atoms. The first-order valence-corrected chi connectivity index (χ1v) is 11.7. The minimum Gasteiger partial charge on any atom is -0.495 e. The van der Waals surface area contributed by atoms with Crippen LogP contribution in [0.25, 0.3) is 5.69 Å². The van der Waals surface area contributed by atoms with Gasteiger partial charge in [-0.3, -0.25) is 0 Å². The number of rotatable bonds is 4. The first-order chi connectivity index (χ1) is 16.6. The molecule has 3 aromatic carbocycles. The second-order valence-electron chi connectivity index (χ2n) is 8.69. The monoisotopic (exact) mass is 451 g/mol. The molecule has 4 aromatic rings. The number of aryl methyl sites for hydroxylation is 2. The van der Waals surface area contributed by atoms with Gasteiger partial charge in [-0.15, -0.1) is 0 Å². The molecule has 0 radical (unpaired) electrons. The highest BCUT2D eigenvalue weighted by Crippen LogP contribution is 2.37. The van der Waals surface area contributed by atoms with E-state index in [-0.39, 0.29) is 12.1 Å². The molecule has 1 N–H and O–H groups in total. The average molecular weight is 452 g/mol. The number of para-hydroxylation sites is 1. The highest BCUT2D eigenvalue weighted by Gasteiger charge is 2.33. The van der Waals surface area contributed by atoms with Crippen molar-refractivity contribution in [3.05, 3.63) is 113 Å². The quantitative estimate of drug-likeness (QED) is 0.385. The number of nitrogens with one attached hydrogen (secondary N) is 1. The van der Waals surface area contributed by atoms with Gasteiger partial charge in [0.15, 0.2) is 0 Å². The van der Waals surface area contributed by atoms with Gasteiger partial charge in [0.2, 0.25) is 0 Å². The molecule has 0 saturated heterocycles. The van der Waals surface area contributed by atoms with Gasteiger partial charge in [0, 0.05) is 11.9 Å². The van der Waals surface area contributed by atoms with Crippen LogP contribution in [0.4, 0.5) is 10.5 Å². The van der Waals surface area contributed by atoms with Crippen LogP contribution < -0.4 is 10.1 Å². The maximum Gasteiger partial charge on any atom is 0.323 e. The van der Waals surface area contributed by atoms with Gasteiger partial charge in [-0.05, 0) is 65.9 Å². The lowest BCUT2D eigenvalue weighted by molar-refractivity contribution is 0.194. The fourth-order valence-corrected chi connectivity index (χ4v) is 4.73. The van der Waals surface area contributed by atoms with Crippen LogP contribution in [0.3, 0.4) is 0 Å². The molecule has 5 nitrogen and oxygen atoms in total. The zero-order chi connectivity index (χ0) is 23.7. The van der Waals surface area contributed by atoms with Crippen LogP contribution in [0.15, 0.2) is 85.1 Å². The SMILES string of the molecule is CCc1ccc(C2c3cccn3-c3ccccc3CN2C(=O)Nc2cc(C)ccc2OC)cc1. The van der Waals surface area contributed by atoms with E-state index < -0.39 is 0 Å². The molecule has 34 heavy (non-hydrogen) atoms. The van der Waals surface area contributed by atoms with Crippen LogP contribution in [0.2, 0.25) is 0 Å². The lowest BCUT2D eigenvalue weighted by Crippen LogP contribution is -2.38. The zero-order valence-electron chi connectivity index (χ0n) is 19.8. The summed E-state index contributed by atoms with van der Waals surface area (Å²) in [5, 5.41) is 3.13. The number of fused-ring (bicyclic) bond motifs is 3. The van der Waals surface area contributed by atoms with Gasteiger partial charge >= 0.3 is 6.03 Å². The van der Waals surface area contributed by atoms with E-state index in [0.717, 1.165) is 34.5 Å². The minimum atomic E-state index is -0.246. The van der Waals surface area contributed by atoms with Gasteiger partial charge in [-0.2, -0.15) is 0 Å². The second kappa shape index (κ2) is 9.10. The molecule has 1 atom stereocenters. The Hall–Kier alpha value is -3.99. The molecule has 0 aliphatic carbocycles. The Kier molecular flexibility index (Phi) is 5.84. The van der Waals surface area contributed by atoms with E-state index in [4.69, 9.17) is 4.74 Å². The Balaban J connectivity index is 1.62. The van der Waals surface area contributed by atoms with Crippen molar-refractivity contribution in [2.75, 3.05) is 12.4 Å². The summed E-state index contributed by atoms with van der Waals surface area (Å²) in [6, 6.07) is 26.4. The summed E-state index contributed by atoms with van der Waals surface area (Å²) in [5.41, 5.74) is 7.33. The third-order valence-electron chi connectivity index (χ3n) is 6.53. The summed E-state index contributed by atoms with van der Waals surface area (Å²) >= 11 is 0. The first kappa shape index (κ1) is 21.8. The molecule has 0 bridgehead atoms. The predicted octanol–water partition coefficient (Wildman–Crippen LogP) is 6.49. The number of hydrogen-bond donors (Lipinski definition) is 1. The van der Waals surface area contributed by atoms with Crippen LogP contribution in [0, 0.1) is 6.92 Å². The zero-order valence-corrected chi connectivity index (χ0v) is 19.8. The fraction of sp³-hybridized carbons (Fsp3) is 0.207. The molecule has 172 valence electrons. The molecule has 5 rings (SSSR count). The van der Waals surface area contributed by atoms with E-state index in [9.17, 15) is 4.79 Å². The van der Waals surface area contributed by atoms with Crippen LogP contribution in [0.1, 0.15) is 40.9 Å². The average Bonchev–Trinajstić information content (AvgIpc) is 3.28. The van der Waals surface area contributed by atoms with Gasteiger partial charge in [0.1, 0.15) is 5.75 Å². The van der Waals surface area contributed by atoms with Crippen LogP contribution in [0.5, 0.6) is 5.75 Å². The van der Waals surface area contributed by atoms with Gasteiger partial charge in [-0.25, -0.2) is 4.79 Å². The van der Waals surface area contributed by atoms with Crippen molar-refractivity contribution >= 4 is 11.7 Å². The number of ether oxygens (including phenoxy) is 1. The maximum absolute atomic E-state index is 13.9. The lowest BCUT2D eigenvalue weighted by Gasteiger charge is -2.31. The summed E-state index contributed by atoms with van der Waals surface area (Å²) in [7, 11) is 1.62. The van der Waals surface area contributed by atoms with E-state index in [2.05, 4.69) is 65.5 Å². The van der Waals surface area contributed by atoms with Crippen molar-refractivity contribution in [2.45, 2.75) is 32.9 Å². The number of urea groups is 1. The lowest BCUT2D eigenvalue weighted by atomic mass is 10.00. The van der Waals surface area contributed by atoms with Gasteiger partial charge in [0.25, 0.3) is 0 Å². The number of aromatic nitrogens is 1. The van der Waals surface area contributed by atoms with Crippen molar-refractivity contribution in [1.29, 1.82) is 0 Å². The number of anilines is 1. The number of benzene rings is 3. The number of amides is 2. The number of methoxy groups -OCH3 is 1. The molecule has 2 heterocycles. The summed E-state index contributed by atoms with van der Waals surface area (Å²) in [6.45, 7) is 4.64. The highest BCUT2D eigenvalue weighted by molar-refractivity contribution is 5.92. The van der Waals surface area contributed by atoms with Gasteiger partial charge < -0.3 is 19.5 Å². The number of nitrogens with zero attached hydrogens (tertiary/aromatic N) is 2. The van der Waals surface area contributed by atoms with Crippen LogP contribution in [-0.2, 0) is 13.0 Å². The summed E-state index contributed by atoms with van der Waals surface area (Å²) in [4.78, 5) is 15.8. The number of hydrogen-bond acceptors (Lipinski definition) is 2. The maximum atomic E-state index is 13.9. The number of carbonyl (C=O) groups excluding carboxylic acids is 1. The topological polar surface area (TPSA) is 46.5 Å². The van der Waals surface area contributed by atoms with Crippen molar-refractivity contribution in [2.24, 2.45) is 0 Å². The standard InChI is InChI=1S/C29H29N3O2/c1-4-21-12-14-22(15-13-21)28-26-10-7-17-31(26)25-9-6-5-8-23(25)19-32(28)29(33)30-24-18-20(2)11-16-27(24)34-3/h5-18,28H,4,19H2,1-3H3,(H,30,33). The molecule has 0 saturated carbocycles. The van der Waals surface area contributed by atoms with Gasteiger partial charge in [0.05, 0.1) is 31.1 Å². The molecule has 1 aromatic heterocycles. The van der Waals surface area contributed by atoms with Crippen molar-refractivity contribution < 1.29 is 9.53 Å². The summed E-state index contributed by atoms with van der Waals surface area (Å²) in [6.07, 6.45) is 3.05. The van der Waals surface area contributed by atoms with Crippen molar-refractivity contribution in [3.8, 4) is 11.4 Å². The molecular formula is C29H29N3O2. The highest BCUT2D eigenvalue weighted by atomic mass is 16.5. The Morgan fingerprint density at radius 2 is 1.82 bits per heavy atom. The largest absolute Gasteiger partial charge is 0.495 e. The third kappa shape index (κ3) is 3.94. The molecule has 5 heteroatoms. The van der Waals surface area contributed by atoms with E-state index in [1.165, 1.54) is 5.56 Å². The van der Waals surface area contributed by atoms with Crippen molar-refractivity contribution in [1.82, 2.24) is 9.47 Å². The predicted molar refractivity (Wildman–Crippen MR) is 136 cm³/mol. The minimum absolute atomic E-state index is 0.169. The molecule has 1 aliphatic rings. The molecule has 0 fully saturated rings. The van der Waals surface area contributed by atoms with Crippen LogP contribution >= 0.6 is 0 Å². The Morgan fingerprint density at radius 1 is 1.03 bits per heavy atom. The Morgan fingerprint density at radius 3 is 2.59 bits per heavy atom. The summed E-state index contributed by atoms with van der Waals surface area (Å²) < 4.78 is 7.72. The molecular weight excluding hydrogens is 422 g/mol. The molecule has 1 unspecified atom stereocenters. The number of carbonyl (C=O) groups is 1. The molecule has 1 aliphatic heterocycles. The van der Waals surface area contributed by atoms with E-state index >= 15 is 0 Å². The normalized spacial score (nSPS) is 14.7. The van der Waals surface area contributed by atoms with E-state index in [1.807, 2.05) is 48.2 Å². The van der Waals surface area contributed by atoms with Gasteiger partial charge in [-0.1, -0.05) is 55.5 Å². The molecule has 2 amide bonds. The van der Waals surface area contributed by atoms with Crippen molar-refractivity contribution in [3.63, 3.8) is 0 Å².